The number of pyridine rings is 1. The second kappa shape index (κ2) is 5.07. The molecule has 1 atom stereocenters. The first-order chi connectivity index (χ1) is 7.34. The monoisotopic (exact) mass is 209 g/mol. The van der Waals surface area contributed by atoms with Gasteiger partial charge in [-0.1, -0.05) is 0 Å². The molecule has 1 aromatic heterocycles. The minimum Gasteiger partial charge on any atom is -0.370 e. The SMILES string of the molecule is Fc1ccc(NCC[C@H]2CCCN2)nc1. The van der Waals surface area contributed by atoms with Gasteiger partial charge in [0.05, 0.1) is 6.20 Å². The maximum atomic E-state index is 12.6. The second-order valence-electron chi connectivity index (χ2n) is 3.87. The third-order valence-electron chi connectivity index (χ3n) is 2.69. The highest BCUT2D eigenvalue weighted by Crippen LogP contribution is 2.09. The van der Waals surface area contributed by atoms with Crippen LogP contribution in [-0.4, -0.2) is 24.1 Å². The maximum absolute atomic E-state index is 12.6. The van der Waals surface area contributed by atoms with Gasteiger partial charge in [0.15, 0.2) is 0 Å². The van der Waals surface area contributed by atoms with Crippen molar-refractivity contribution in [1.29, 1.82) is 0 Å². The van der Waals surface area contributed by atoms with Crippen molar-refractivity contribution in [2.45, 2.75) is 25.3 Å². The van der Waals surface area contributed by atoms with E-state index in [0.29, 0.717) is 6.04 Å². The zero-order valence-electron chi connectivity index (χ0n) is 8.67. The lowest BCUT2D eigenvalue weighted by Crippen LogP contribution is -2.24. The quantitative estimate of drug-likeness (QED) is 0.793. The molecule has 4 heteroatoms. The van der Waals surface area contributed by atoms with Gasteiger partial charge in [-0.3, -0.25) is 0 Å². The van der Waals surface area contributed by atoms with Crippen LogP contribution in [0.15, 0.2) is 18.3 Å². The molecule has 0 saturated carbocycles. The van der Waals surface area contributed by atoms with E-state index < -0.39 is 0 Å². The number of rotatable bonds is 4. The van der Waals surface area contributed by atoms with Crippen LogP contribution in [-0.2, 0) is 0 Å². The molecule has 0 radical (unpaired) electrons. The number of hydrogen-bond donors (Lipinski definition) is 2. The van der Waals surface area contributed by atoms with Crippen LogP contribution in [0.4, 0.5) is 10.2 Å². The molecule has 15 heavy (non-hydrogen) atoms. The number of nitrogens with zero attached hydrogens (tertiary/aromatic N) is 1. The molecular weight excluding hydrogens is 193 g/mol. The van der Waals surface area contributed by atoms with E-state index in [1.807, 2.05) is 0 Å². The first kappa shape index (κ1) is 10.4. The molecule has 2 rings (SSSR count). The van der Waals surface area contributed by atoms with Crippen molar-refractivity contribution < 1.29 is 4.39 Å². The van der Waals surface area contributed by atoms with Crippen LogP contribution in [0, 0.1) is 5.82 Å². The van der Waals surface area contributed by atoms with Crippen LogP contribution >= 0.6 is 0 Å². The fraction of sp³-hybridized carbons (Fsp3) is 0.545. The maximum Gasteiger partial charge on any atom is 0.141 e. The Morgan fingerprint density at radius 3 is 3.13 bits per heavy atom. The van der Waals surface area contributed by atoms with E-state index in [9.17, 15) is 4.39 Å². The standard InChI is InChI=1S/C11H16FN3/c12-9-3-4-11(15-8-9)14-7-5-10-2-1-6-13-10/h3-4,8,10,13H,1-2,5-7H2,(H,14,15)/t10-/m1/s1. The summed E-state index contributed by atoms with van der Waals surface area (Å²) in [6.07, 6.45) is 4.87. The number of hydrogen-bond acceptors (Lipinski definition) is 3. The van der Waals surface area contributed by atoms with Gasteiger partial charge in [-0.05, 0) is 37.9 Å². The molecule has 2 N–H and O–H groups in total. The average Bonchev–Trinajstić information content (AvgIpc) is 2.74. The lowest BCUT2D eigenvalue weighted by Gasteiger charge is -2.10. The fourth-order valence-corrected chi connectivity index (χ4v) is 1.86. The van der Waals surface area contributed by atoms with Crippen molar-refractivity contribution >= 4 is 5.82 Å². The molecule has 1 aromatic rings. The minimum atomic E-state index is -0.294. The molecule has 82 valence electrons. The molecule has 0 spiro atoms. The van der Waals surface area contributed by atoms with Gasteiger partial charge in [0.2, 0.25) is 0 Å². The molecule has 0 aliphatic carbocycles. The summed E-state index contributed by atoms with van der Waals surface area (Å²) in [5.74, 6) is 0.451. The molecular formula is C11H16FN3. The highest BCUT2D eigenvalue weighted by molar-refractivity contribution is 5.33. The van der Waals surface area contributed by atoms with Gasteiger partial charge in [0.25, 0.3) is 0 Å². The Kier molecular flexibility index (Phi) is 3.50. The third-order valence-corrected chi connectivity index (χ3v) is 2.69. The zero-order chi connectivity index (χ0) is 10.5. The Hall–Kier alpha value is -1.16. The second-order valence-corrected chi connectivity index (χ2v) is 3.87. The zero-order valence-corrected chi connectivity index (χ0v) is 8.67. The van der Waals surface area contributed by atoms with Crippen molar-refractivity contribution in [2.24, 2.45) is 0 Å². The van der Waals surface area contributed by atoms with E-state index in [2.05, 4.69) is 15.6 Å². The molecule has 1 saturated heterocycles. The van der Waals surface area contributed by atoms with Crippen molar-refractivity contribution in [2.75, 3.05) is 18.4 Å². The van der Waals surface area contributed by atoms with Crippen molar-refractivity contribution in [3.05, 3.63) is 24.1 Å². The van der Waals surface area contributed by atoms with Gasteiger partial charge in [-0.2, -0.15) is 0 Å². The normalized spacial score (nSPS) is 20.5. The Morgan fingerprint density at radius 2 is 2.47 bits per heavy atom. The van der Waals surface area contributed by atoms with E-state index in [1.165, 1.54) is 25.1 Å². The summed E-state index contributed by atoms with van der Waals surface area (Å²) in [5, 5.41) is 6.61. The van der Waals surface area contributed by atoms with Crippen LogP contribution in [0.1, 0.15) is 19.3 Å². The Balaban J connectivity index is 1.71. The number of halogens is 1. The van der Waals surface area contributed by atoms with Gasteiger partial charge in [-0.15, -0.1) is 0 Å². The topological polar surface area (TPSA) is 37.0 Å². The van der Waals surface area contributed by atoms with Crippen LogP contribution in [0.5, 0.6) is 0 Å². The molecule has 1 aliphatic rings. The third kappa shape index (κ3) is 3.16. The highest BCUT2D eigenvalue weighted by Gasteiger charge is 2.12. The van der Waals surface area contributed by atoms with Crippen LogP contribution < -0.4 is 10.6 Å². The van der Waals surface area contributed by atoms with Crippen molar-refractivity contribution in [3.63, 3.8) is 0 Å². The van der Waals surface area contributed by atoms with E-state index >= 15 is 0 Å². The smallest absolute Gasteiger partial charge is 0.141 e. The summed E-state index contributed by atoms with van der Waals surface area (Å²) in [5.41, 5.74) is 0. The predicted octanol–water partition coefficient (Wildman–Crippen LogP) is 1.77. The molecule has 1 fully saturated rings. The first-order valence-corrected chi connectivity index (χ1v) is 5.43. The van der Waals surface area contributed by atoms with E-state index in [0.717, 1.165) is 25.3 Å². The van der Waals surface area contributed by atoms with E-state index in [4.69, 9.17) is 0 Å². The molecule has 0 bridgehead atoms. The number of anilines is 1. The fourth-order valence-electron chi connectivity index (χ4n) is 1.86. The molecule has 0 aromatic carbocycles. The molecule has 0 amide bonds. The summed E-state index contributed by atoms with van der Waals surface area (Å²) in [4.78, 5) is 3.94. The van der Waals surface area contributed by atoms with Gasteiger partial charge < -0.3 is 10.6 Å². The van der Waals surface area contributed by atoms with Gasteiger partial charge in [0, 0.05) is 12.6 Å². The Morgan fingerprint density at radius 1 is 1.53 bits per heavy atom. The Bertz CT molecular complexity index is 293. The molecule has 0 unspecified atom stereocenters. The van der Waals surface area contributed by atoms with Crippen LogP contribution in [0.2, 0.25) is 0 Å². The summed E-state index contributed by atoms with van der Waals surface area (Å²) in [6, 6.07) is 3.72. The predicted molar refractivity (Wildman–Crippen MR) is 58.3 cm³/mol. The van der Waals surface area contributed by atoms with E-state index in [1.54, 1.807) is 6.07 Å². The summed E-state index contributed by atoms with van der Waals surface area (Å²) in [6.45, 7) is 2.02. The molecule has 1 aliphatic heterocycles. The first-order valence-electron chi connectivity index (χ1n) is 5.43. The average molecular weight is 209 g/mol. The number of aromatic nitrogens is 1. The van der Waals surface area contributed by atoms with E-state index in [-0.39, 0.29) is 5.82 Å². The highest BCUT2D eigenvalue weighted by atomic mass is 19.1. The summed E-state index contributed by atoms with van der Waals surface area (Å²) in [7, 11) is 0. The summed E-state index contributed by atoms with van der Waals surface area (Å²) >= 11 is 0. The molecule has 2 heterocycles. The lowest BCUT2D eigenvalue weighted by atomic mass is 10.1. The minimum absolute atomic E-state index is 0.294. The molecule has 3 nitrogen and oxygen atoms in total. The Labute approximate surface area is 89.1 Å². The van der Waals surface area contributed by atoms with Crippen LogP contribution in [0.3, 0.4) is 0 Å². The number of nitrogens with one attached hydrogen (secondary N) is 2. The largest absolute Gasteiger partial charge is 0.370 e. The van der Waals surface area contributed by atoms with Gasteiger partial charge >= 0.3 is 0 Å². The van der Waals surface area contributed by atoms with Crippen molar-refractivity contribution in [1.82, 2.24) is 10.3 Å². The lowest BCUT2D eigenvalue weighted by molar-refractivity contribution is 0.574. The van der Waals surface area contributed by atoms with Gasteiger partial charge in [-0.25, -0.2) is 9.37 Å². The summed E-state index contributed by atoms with van der Waals surface area (Å²) < 4.78 is 12.6. The van der Waals surface area contributed by atoms with Gasteiger partial charge in [0.1, 0.15) is 11.6 Å². The van der Waals surface area contributed by atoms with Crippen LogP contribution in [0.25, 0.3) is 0 Å². The van der Waals surface area contributed by atoms with Crippen molar-refractivity contribution in [3.8, 4) is 0 Å².